The normalized spacial score (nSPS) is 38.5. The third-order valence-electron chi connectivity index (χ3n) is 4.14. The number of fused-ring (bicyclic) bond motifs is 2. The van der Waals surface area contributed by atoms with Gasteiger partial charge in [0.05, 0.1) is 6.10 Å². The summed E-state index contributed by atoms with van der Waals surface area (Å²) in [5.74, 6) is 2.15. The van der Waals surface area contributed by atoms with E-state index in [4.69, 9.17) is 4.74 Å². The van der Waals surface area contributed by atoms with E-state index in [-0.39, 0.29) is 0 Å². The van der Waals surface area contributed by atoms with E-state index in [0.29, 0.717) is 12.0 Å². The average molecular weight is 203 g/mol. The molecule has 0 saturated heterocycles. The van der Waals surface area contributed by atoms with Crippen molar-refractivity contribution in [3.05, 3.63) is 30.1 Å². The Morgan fingerprint density at radius 3 is 2.87 bits per heavy atom. The van der Waals surface area contributed by atoms with E-state index in [1.54, 1.807) is 0 Å². The van der Waals surface area contributed by atoms with Crippen molar-refractivity contribution in [2.45, 2.75) is 31.3 Å². The summed E-state index contributed by atoms with van der Waals surface area (Å²) in [4.78, 5) is 4.50. The molecular formula is C13H17NO. The van der Waals surface area contributed by atoms with E-state index < -0.39 is 0 Å². The van der Waals surface area contributed by atoms with E-state index in [2.05, 4.69) is 17.1 Å². The number of aromatic nitrogens is 1. The van der Waals surface area contributed by atoms with Gasteiger partial charge in [-0.05, 0) is 43.2 Å². The van der Waals surface area contributed by atoms with Gasteiger partial charge in [0.15, 0.2) is 0 Å². The third kappa shape index (κ3) is 1.39. The highest BCUT2D eigenvalue weighted by Crippen LogP contribution is 2.53. The number of pyridine rings is 1. The van der Waals surface area contributed by atoms with Crippen LogP contribution in [0.15, 0.2) is 24.4 Å². The number of nitrogens with zero attached hydrogens (tertiary/aromatic N) is 1. The summed E-state index contributed by atoms with van der Waals surface area (Å²) in [5, 5.41) is 0. The SMILES string of the molecule is COC1C2CCC(C2)C1c1ccccn1. The number of hydrogen-bond donors (Lipinski definition) is 0. The van der Waals surface area contributed by atoms with Crippen LogP contribution in [-0.4, -0.2) is 18.2 Å². The summed E-state index contributed by atoms with van der Waals surface area (Å²) in [6.45, 7) is 0. The van der Waals surface area contributed by atoms with Crippen LogP contribution >= 0.6 is 0 Å². The molecule has 1 aromatic rings. The fourth-order valence-corrected chi connectivity index (χ4v) is 3.56. The van der Waals surface area contributed by atoms with E-state index >= 15 is 0 Å². The van der Waals surface area contributed by atoms with Gasteiger partial charge in [-0.1, -0.05) is 6.07 Å². The highest BCUT2D eigenvalue weighted by Gasteiger charge is 2.48. The predicted octanol–water partition coefficient (Wildman–Crippen LogP) is 2.61. The molecular weight excluding hydrogens is 186 g/mol. The standard InChI is InChI=1S/C13H17NO/c1-15-13-10-6-5-9(8-10)12(13)11-4-2-3-7-14-11/h2-4,7,9-10,12-13H,5-6,8H2,1H3. The summed E-state index contributed by atoms with van der Waals surface area (Å²) in [6, 6.07) is 6.22. The maximum absolute atomic E-state index is 5.67. The molecule has 15 heavy (non-hydrogen) atoms. The van der Waals surface area contributed by atoms with Crippen LogP contribution < -0.4 is 0 Å². The van der Waals surface area contributed by atoms with Crippen LogP contribution in [0.3, 0.4) is 0 Å². The first kappa shape index (κ1) is 9.34. The van der Waals surface area contributed by atoms with Crippen molar-refractivity contribution in [3.63, 3.8) is 0 Å². The highest BCUT2D eigenvalue weighted by atomic mass is 16.5. The van der Waals surface area contributed by atoms with Crippen molar-refractivity contribution in [2.75, 3.05) is 7.11 Å². The zero-order valence-corrected chi connectivity index (χ0v) is 9.10. The van der Waals surface area contributed by atoms with E-state index in [9.17, 15) is 0 Å². The van der Waals surface area contributed by atoms with Crippen LogP contribution in [0, 0.1) is 11.8 Å². The fraction of sp³-hybridized carbons (Fsp3) is 0.615. The molecule has 0 aliphatic heterocycles. The highest BCUT2D eigenvalue weighted by molar-refractivity contribution is 5.18. The molecule has 2 heteroatoms. The Balaban J connectivity index is 1.92. The molecule has 0 aromatic carbocycles. The molecule has 0 amide bonds. The van der Waals surface area contributed by atoms with Crippen LogP contribution in [0.25, 0.3) is 0 Å². The molecule has 0 N–H and O–H groups in total. The summed E-state index contributed by atoms with van der Waals surface area (Å²) in [7, 11) is 1.85. The second-order valence-electron chi connectivity index (χ2n) is 4.81. The molecule has 80 valence electrons. The van der Waals surface area contributed by atoms with Gasteiger partial charge in [0, 0.05) is 24.9 Å². The molecule has 3 rings (SSSR count). The van der Waals surface area contributed by atoms with Gasteiger partial charge in [-0.3, -0.25) is 4.98 Å². The van der Waals surface area contributed by atoms with Gasteiger partial charge >= 0.3 is 0 Å². The molecule has 0 radical (unpaired) electrons. The van der Waals surface area contributed by atoms with E-state index in [0.717, 1.165) is 11.8 Å². The van der Waals surface area contributed by atoms with Crippen LogP contribution in [0.5, 0.6) is 0 Å². The van der Waals surface area contributed by atoms with Gasteiger partial charge in [0.2, 0.25) is 0 Å². The van der Waals surface area contributed by atoms with Gasteiger partial charge < -0.3 is 4.74 Å². The summed E-state index contributed by atoms with van der Waals surface area (Å²) >= 11 is 0. The molecule has 2 aliphatic carbocycles. The van der Waals surface area contributed by atoms with E-state index in [1.807, 2.05) is 19.4 Å². The lowest BCUT2D eigenvalue weighted by atomic mass is 9.83. The largest absolute Gasteiger partial charge is 0.380 e. The Labute approximate surface area is 90.7 Å². The van der Waals surface area contributed by atoms with E-state index in [1.165, 1.54) is 25.0 Å². The Morgan fingerprint density at radius 1 is 1.27 bits per heavy atom. The Hall–Kier alpha value is -0.890. The lowest BCUT2D eigenvalue weighted by Gasteiger charge is -2.29. The first-order valence-corrected chi connectivity index (χ1v) is 5.84. The minimum atomic E-state index is 0.415. The van der Waals surface area contributed by atoms with Gasteiger partial charge in [0.1, 0.15) is 0 Å². The van der Waals surface area contributed by atoms with Gasteiger partial charge in [0.25, 0.3) is 0 Å². The maximum atomic E-state index is 5.67. The minimum absolute atomic E-state index is 0.415. The molecule has 1 aromatic heterocycles. The lowest BCUT2D eigenvalue weighted by Crippen LogP contribution is -2.28. The Bertz CT molecular complexity index is 338. The molecule has 1 heterocycles. The van der Waals surface area contributed by atoms with Gasteiger partial charge in [-0.15, -0.1) is 0 Å². The second-order valence-corrected chi connectivity index (χ2v) is 4.81. The first-order valence-electron chi connectivity index (χ1n) is 5.84. The Morgan fingerprint density at radius 2 is 2.13 bits per heavy atom. The van der Waals surface area contributed by atoms with Crippen LogP contribution in [0.4, 0.5) is 0 Å². The summed E-state index contributed by atoms with van der Waals surface area (Å²) in [5.41, 5.74) is 1.23. The van der Waals surface area contributed by atoms with Crippen molar-refractivity contribution in [1.82, 2.24) is 4.98 Å². The van der Waals surface area contributed by atoms with Crippen molar-refractivity contribution >= 4 is 0 Å². The number of methoxy groups -OCH3 is 1. The molecule has 4 atom stereocenters. The quantitative estimate of drug-likeness (QED) is 0.737. The number of hydrogen-bond acceptors (Lipinski definition) is 2. The molecule has 2 bridgehead atoms. The van der Waals surface area contributed by atoms with Crippen LogP contribution in [0.1, 0.15) is 30.9 Å². The topological polar surface area (TPSA) is 22.1 Å². The van der Waals surface area contributed by atoms with Crippen molar-refractivity contribution < 1.29 is 4.74 Å². The third-order valence-corrected chi connectivity index (χ3v) is 4.14. The zero-order valence-electron chi connectivity index (χ0n) is 9.10. The van der Waals surface area contributed by atoms with Crippen LogP contribution in [0.2, 0.25) is 0 Å². The summed E-state index contributed by atoms with van der Waals surface area (Å²) in [6.07, 6.45) is 6.38. The molecule has 2 saturated carbocycles. The lowest BCUT2D eigenvalue weighted by molar-refractivity contribution is 0.0395. The summed E-state index contributed by atoms with van der Waals surface area (Å²) < 4.78 is 5.67. The monoisotopic (exact) mass is 203 g/mol. The Kier molecular flexibility index (Phi) is 2.24. The predicted molar refractivity (Wildman–Crippen MR) is 58.6 cm³/mol. The fourth-order valence-electron chi connectivity index (χ4n) is 3.56. The first-order chi connectivity index (χ1) is 7.40. The molecule has 2 fully saturated rings. The molecule has 2 aliphatic rings. The van der Waals surface area contributed by atoms with Crippen molar-refractivity contribution in [2.24, 2.45) is 11.8 Å². The molecule has 0 spiro atoms. The average Bonchev–Trinajstić information content (AvgIpc) is 2.89. The minimum Gasteiger partial charge on any atom is -0.380 e. The second kappa shape index (κ2) is 3.60. The van der Waals surface area contributed by atoms with Crippen LogP contribution in [-0.2, 0) is 4.74 Å². The van der Waals surface area contributed by atoms with Gasteiger partial charge in [-0.25, -0.2) is 0 Å². The van der Waals surface area contributed by atoms with Gasteiger partial charge in [-0.2, -0.15) is 0 Å². The molecule has 4 unspecified atom stereocenters. The van der Waals surface area contributed by atoms with Crippen molar-refractivity contribution in [1.29, 1.82) is 0 Å². The maximum Gasteiger partial charge on any atom is 0.0685 e. The molecule has 2 nitrogen and oxygen atoms in total. The van der Waals surface area contributed by atoms with Crippen molar-refractivity contribution in [3.8, 4) is 0 Å². The zero-order chi connectivity index (χ0) is 10.3. The number of rotatable bonds is 2. The smallest absolute Gasteiger partial charge is 0.0685 e. The number of ether oxygens (including phenoxy) is 1.